The number of hydrogen-bond acceptors (Lipinski definition) is 4. The molecule has 0 bridgehead atoms. The first-order chi connectivity index (χ1) is 14.1. The molecule has 2 aromatic carbocycles. The molecule has 3 aromatic rings. The number of nitrogens with zero attached hydrogens (tertiary/aromatic N) is 1. The fourth-order valence-electron chi connectivity index (χ4n) is 5.02. The Bertz CT molecular complexity index is 1080. The minimum atomic E-state index is -0.00780. The lowest BCUT2D eigenvalue weighted by Gasteiger charge is -2.28. The van der Waals surface area contributed by atoms with Crippen molar-refractivity contribution in [2.45, 2.75) is 19.9 Å². The average Bonchev–Trinajstić information content (AvgIpc) is 3.40. The number of carbonyl (C=O) groups is 1. The number of rotatable bonds is 3. The number of fused-ring (bicyclic) bond motifs is 2. The topological polar surface area (TPSA) is 54.7 Å². The van der Waals surface area contributed by atoms with Gasteiger partial charge in [-0.3, -0.25) is 4.79 Å². The summed E-state index contributed by atoms with van der Waals surface area (Å²) < 4.78 is 11.4. The van der Waals surface area contributed by atoms with E-state index in [0.717, 1.165) is 53.0 Å². The predicted octanol–water partition coefficient (Wildman–Crippen LogP) is 4.51. The summed E-state index contributed by atoms with van der Waals surface area (Å²) in [5.74, 6) is 2.18. The number of benzene rings is 2. The molecule has 5 nitrogen and oxygen atoms in total. The maximum Gasteiger partial charge on any atom is 0.290 e. The van der Waals surface area contributed by atoms with Gasteiger partial charge in [-0.15, -0.1) is 12.4 Å². The SMILES string of the molecule is COc1ccc([C@H]2[C@H]3CNC[C@H]3CN2C(=O)c2oc3cc(C)ccc3c2C)cc1.Cl. The van der Waals surface area contributed by atoms with Crippen molar-refractivity contribution < 1.29 is 13.9 Å². The molecule has 0 saturated carbocycles. The van der Waals surface area contributed by atoms with Crippen LogP contribution in [0.5, 0.6) is 5.75 Å². The molecule has 0 radical (unpaired) electrons. The van der Waals surface area contributed by atoms with Crippen molar-refractivity contribution in [1.82, 2.24) is 10.2 Å². The molecule has 3 heterocycles. The maximum atomic E-state index is 13.6. The van der Waals surface area contributed by atoms with Crippen molar-refractivity contribution in [3.05, 3.63) is 64.9 Å². The van der Waals surface area contributed by atoms with E-state index in [9.17, 15) is 4.79 Å². The van der Waals surface area contributed by atoms with E-state index in [0.29, 0.717) is 17.6 Å². The zero-order valence-corrected chi connectivity index (χ0v) is 18.3. The second-order valence-electron chi connectivity index (χ2n) is 8.31. The number of methoxy groups -OCH3 is 1. The molecule has 0 spiro atoms. The Morgan fingerprint density at radius 1 is 1.13 bits per heavy atom. The highest BCUT2D eigenvalue weighted by molar-refractivity contribution is 5.99. The van der Waals surface area contributed by atoms with Crippen molar-refractivity contribution in [3.8, 4) is 5.75 Å². The van der Waals surface area contributed by atoms with Gasteiger partial charge in [-0.25, -0.2) is 0 Å². The van der Waals surface area contributed by atoms with E-state index < -0.39 is 0 Å². The molecule has 5 rings (SSSR count). The summed E-state index contributed by atoms with van der Waals surface area (Å²) in [7, 11) is 1.67. The monoisotopic (exact) mass is 426 g/mol. The molecule has 3 atom stereocenters. The summed E-state index contributed by atoms with van der Waals surface area (Å²) in [4.78, 5) is 15.7. The Hall–Kier alpha value is -2.50. The van der Waals surface area contributed by atoms with Crippen molar-refractivity contribution in [2.75, 3.05) is 26.7 Å². The third-order valence-electron chi connectivity index (χ3n) is 6.57. The Kier molecular flexibility index (Phi) is 5.51. The van der Waals surface area contributed by atoms with E-state index >= 15 is 0 Å². The molecule has 2 fully saturated rings. The summed E-state index contributed by atoms with van der Waals surface area (Å²) in [5, 5.41) is 4.51. The summed E-state index contributed by atoms with van der Waals surface area (Å²) in [5.41, 5.74) is 3.99. The minimum Gasteiger partial charge on any atom is -0.497 e. The summed E-state index contributed by atoms with van der Waals surface area (Å²) in [6, 6.07) is 14.3. The normalized spacial score (nSPS) is 22.8. The van der Waals surface area contributed by atoms with Crippen LogP contribution in [0.4, 0.5) is 0 Å². The van der Waals surface area contributed by atoms with Crippen LogP contribution in [0.15, 0.2) is 46.9 Å². The van der Waals surface area contributed by atoms with Crippen LogP contribution in [0, 0.1) is 25.7 Å². The van der Waals surface area contributed by atoms with Crippen molar-refractivity contribution in [2.24, 2.45) is 11.8 Å². The highest BCUT2D eigenvalue weighted by Crippen LogP contribution is 2.44. The number of hydrogen-bond donors (Lipinski definition) is 1. The second kappa shape index (κ2) is 7.97. The number of nitrogens with one attached hydrogen (secondary N) is 1. The highest BCUT2D eigenvalue weighted by atomic mass is 35.5. The van der Waals surface area contributed by atoms with Gasteiger partial charge in [0.15, 0.2) is 5.76 Å². The molecule has 6 heteroatoms. The van der Waals surface area contributed by atoms with E-state index in [1.807, 2.05) is 43.0 Å². The van der Waals surface area contributed by atoms with E-state index in [1.54, 1.807) is 7.11 Å². The number of furan rings is 1. The third kappa shape index (κ3) is 3.26. The molecular weight excluding hydrogens is 400 g/mol. The van der Waals surface area contributed by atoms with Crippen LogP contribution in [0.25, 0.3) is 11.0 Å². The van der Waals surface area contributed by atoms with E-state index in [2.05, 4.69) is 23.5 Å². The zero-order chi connectivity index (χ0) is 20.1. The van der Waals surface area contributed by atoms with Gasteiger partial charge in [0.25, 0.3) is 5.91 Å². The molecule has 0 aliphatic carbocycles. The quantitative estimate of drug-likeness (QED) is 0.669. The van der Waals surface area contributed by atoms with Gasteiger partial charge < -0.3 is 19.4 Å². The number of carbonyl (C=O) groups excluding carboxylic acids is 1. The molecular formula is C24H27ClN2O3. The first-order valence-corrected chi connectivity index (χ1v) is 10.2. The Labute approximate surface area is 182 Å². The molecule has 2 aliphatic rings. The van der Waals surface area contributed by atoms with Gasteiger partial charge in [-0.1, -0.05) is 24.3 Å². The molecule has 158 valence electrons. The third-order valence-corrected chi connectivity index (χ3v) is 6.57. The Balaban J connectivity index is 0.00000218. The van der Waals surface area contributed by atoms with Gasteiger partial charge in [0.2, 0.25) is 0 Å². The molecule has 2 saturated heterocycles. The fourth-order valence-corrected chi connectivity index (χ4v) is 5.02. The smallest absolute Gasteiger partial charge is 0.290 e. The van der Waals surface area contributed by atoms with Crippen LogP contribution in [0.3, 0.4) is 0 Å². The minimum absolute atomic E-state index is 0. The fraction of sp³-hybridized carbons (Fsp3) is 0.375. The summed E-state index contributed by atoms with van der Waals surface area (Å²) >= 11 is 0. The zero-order valence-electron chi connectivity index (χ0n) is 17.5. The van der Waals surface area contributed by atoms with Crippen LogP contribution >= 0.6 is 12.4 Å². The van der Waals surface area contributed by atoms with Gasteiger partial charge in [-0.05, 0) is 49.1 Å². The van der Waals surface area contributed by atoms with Gasteiger partial charge in [-0.2, -0.15) is 0 Å². The van der Waals surface area contributed by atoms with Crippen LogP contribution in [0.1, 0.15) is 33.3 Å². The number of halogens is 1. The molecule has 2 aliphatic heterocycles. The number of likely N-dealkylation sites (tertiary alicyclic amines) is 1. The molecule has 30 heavy (non-hydrogen) atoms. The van der Waals surface area contributed by atoms with Gasteiger partial charge in [0.1, 0.15) is 11.3 Å². The number of amides is 1. The lowest BCUT2D eigenvalue weighted by Crippen LogP contribution is -2.34. The highest BCUT2D eigenvalue weighted by Gasteiger charge is 2.47. The molecule has 1 amide bonds. The first-order valence-electron chi connectivity index (χ1n) is 10.2. The first kappa shape index (κ1) is 20.8. The van der Waals surface area contributed by atoms with Gasteiger partial charge >= 0.3 is 0 Å². The number of aryl methyl sites for hydroxylation is 2. The Morgan fingerprint density at radius 3 is 2.63 bits per heavy atom. The molecule has 1 aromatic heterocycles. The van der Waals surface area contributed by atoms with Gasteiger partial charge in [0, 0.05) is 36.5 Å². The Morgan fingerprint density at radius 2 is 1.90 bits per heavy atom. The molecule has 0 unspecified atom stereocenters. The second-order valence-corrected chi connectivity index (χ2v) is 8.31. The largest absolute Gasteiger partial charge is 0.497 e. The van der Waals surface area contributed by atoms with Crippen LogP contribution in [0.2, 0.25) is 0 Å². The summed E-state index contributed by atoms with van der Waals surface area (Å²) in [6.45, 7) is 6.66. The lowest BCUT2D eigenvalue weighted by molar-refractivity contribution is 0.0683. The number of ether oxygens (including phenoxy) is 1. The van der Waals surface area contributed by atoms with Crippen LogP contribution in [-0.4, -0.2) is 37.6 Å². The van der Waals surface area contributed by atoms with Crippen molar-refractivity contribution in [1.29, 1.82) is 0 Å². The van der Waals surface area contributed by atoms with Crippen molar-refractivity contribution in [3.63, 3.8) is 0 Å². The van der Waals surface area contributed by atoms with Gasteiger partial charge in [0.05, 0.1) is 13.2 Å². The average molecular weight is 427 g/mol. The standard InChI is InChI=1S/C24H26N2O3.ClH/c1-14-4-9-19-15(2)23(29-21(19)10-14)24(27)26-13-17-11-25-12-20(17)22(26)16-5-7-18(28-3)8-6-16;/h4-10,17,20,22,25H,11-13H2,1-3H3;1H/t17-,20-,22-;/m0./s1. The van der Waals surface area contributed by atoms with Crippen LogP contribution < -0.4 is 10.1 Å². The van der Waals surface area contributed by atoms with E-state index in [-0.39, 0.29) is 24.4 Å². The lowest BCUT2D eigenvalue weighted by atomic mass is 9.89. The van der Waals surface area contributed by atoms with E-state index in [4.69, 9.17) is 9.15 Å². The predicted molar refractivity (Wildman–Crippen MR) is 120 cm³/mol. The maximum absolute atomic E-state index is 13.6. The van der Waals surface area contributed by atoms with Crippen molar-refractivity contribution >= 4 is 29.3 Å². The van der Waals surface area contributed by atoms with E-state index in [1.165, 1.54) is 0 Å². The molecule has 1 N–H and O–H groups in total. The summed E-state index contributed by atoms with van der Waals surface area (Å²) in [6.07, 6.45) is 0. The van der Waals surface area contributed by atoms with Crippen LogP contribution in [-0.2, 0) is 0 Å².